The van der Waals surface area contributed by atoms with E-state index in [-0.39, 0.29) is 6.03 Å². The highest BCUT2D eigenvalue weighted by Gasteiger charge is 2.15. The van der Waals surface area contributed by atoms with Gasteiger partial charge in [0, 0.05) is 31.0 Å². The zero-order valence-electron chi connectivity index (χ0n) is 12.5. The highest BCUT2D eigenvalue weighted by molar-refractivity contribution is 7.80. The monoisotopic (exact) mass is 313 g/mol. The normalized spacial score (nSPS) is 10.0. The van der Waals surface area contributed by atoms with E-state index < -0.39 is 0 Å². The van der Waals surface area contributed by atoms with Crippen LogP contribution in [0.1, 0.15) is 24.5 Å². The van der Waals surface area contributed by atoms with Gasteiger partial charge in [-0.1, -0.05) is 49.5 Å². The Labute approximate surface area is 136 Å². The van der Waals surface area contributed by atoms with Crippen LogP contribution in [0.4, 0.5) is 4.79 Å². The van der Waals surface area contributed by atoms with Gasteiger partial charge in [-0.2, -0.15) is 0 Å². The molecule has 0 atom stereocenters. The number of urea groups is 1. The number of carbonyl (C=O) groups excluding carboxylic acids is 1. The predicted molar refractivity (Wildman–Crippen MR) is 91.6 cm³/mol. The number of hydrogen-bond acceptors (Lipinski definition) is 3. The third-order valence-electron chi connectivity index (χ3n) is 3.14. The first kappa shape index (κ1) is 16.1. The van der Waals surface area contributed by atoms with Gasteiger partial charge in [-0.25, -0.2) is 4.79 Å². The fraction of sp³-hybridized carbons (Fsp3) is 0.235. The van der Waals surface area contributed by atoms with Crippen LogP contribution >= 0.6 is 12.2 Å². The van der Waals surface area contributed by atoms with Crippen molar-refractivity contribution in [2.45, 2.75) is 19.9 Å². The van der Waals surface area contributed by atoms with Gasteiger partial charge in [-0.3, -0.25) is 10.3 Å². The number of benzene rings is 1. The number of nitrogens with zero attached hydrogens (tertiary/aromatic N) is 2. The molecular formula is C17H19N3OS. The van der Waals surface area contributed by atoms with Crippen LogP contribution in [0.2, 0.25) is 0 Å². The Morgan fingerprint density at radius 3 is 2.64 bits per heavy atom. The van der Waals surface area contributed by atoms with Crippen LogP contribution in [-0.2, 0) is 6.54 Å². The van der Waals surface area contributed by atoms with Gasteiger partial charge in [-0.05, 0) is 24.1 Å². The van der Waals surface area contributed by atoms with E-state index in [1.54, 1.807) is 23.4 Å². The number of hydrogen-bond donors (Lipinski definition) is 1. The van der Waals surface area contributed by atoms with Crippen LogP contribution in [0.25, 0.3) is 0 Å². The highest BCUT2D eigenvalue weighted by Crippen LogP contribution is 2.06. The molecule has 1 aromatic carbocycles. The SMILES string of the molecule is CCCN(Cc1ccccc1)C(=O)NC(=S)c1cccnc1. The van der Waals surface area contributed by atoms with Crippen LogP contribution in [0.3, 0.4) is 0 Å². The molecule has 0 aliphatic heterocycles. The van der Waals surface area contributed by atoms with Crippen molar-refractivity contribution in [3.05, 3.63) is 66.0 Å². The molecule has 0 fully saturated rings. The molecule has 2 aromatic rings. The van der Waals surface area contributed by atoms with Crippen molar-refractivity contribution >= 4 is 23.2 Å². The molecule has 0 spiro atoms. The Bertz CT molecular complexity index is 616. The Morgan fingerprint density at radius 2 is 2.00 bits per heavy atom. The van der Waals surface area contributed by atoms with Crippen LogP contribution < -0.4 is 5.32 Å². The summed E-state index contributed by atoms with van der Waals surface area (Å²) in [6.07, 6.45) is 4.20. The van der Waals surface area contributed by atoms with Crippen molar-refractivity contribution < 1.29 is 4.79 Å². The zero-order valence-corrected chi connectivity index (χ0v) is 13.3. The molecule has 0 saturated carbocycles. The molecule has 2 amide bonds. The number of thiocarbonyl (C=S) groups is 1. The quantitative estimate of drug-likeness (QED) is 0.861. The number of aromatic nitrogens is 1. The second-order valence-electron chi connectivity index (χ2n) is 4.91. The maximum Gasteiger partial charge on any atom is 0.322 e. The van der Waals surface area contributed by atoms with E-state index in [4.69, 9.17) is 12.2 Å². The van der Waals surface area contributed by atoms with E-state index >= 15 is 0 Å². The molecule has 2 rings (SSSR count). The summed E-state index contributed by atoms with van der Waals surface area (Å²) < 4.78 is 0. The molecular weight excluding hydrogens is 294 g/mol. The van der Waals surface area contributed by atoms with Crippen LogP contribution in [-0.4, -0.2) is 27.4 Å². The van der Waals surface area contributed by atoms with Gasteiger partial charge in [0.1, 0.15) is 4.99 Å². The minimum absolute atomic E-state index is 0.181. The number of rotatable bonds is 5. The Hall–Kier alpha value is -2.27. The third-order valence-corrected chi connectivity index (χ3v) is 3.48. The maximum atomic E-state index is 12.4. The summed E-state index contributed by atoms with van der Waals surface area (Å²) in [6.45, 7) is 3.29. The lowest BCUT2D eigenvalue weighted by Crippen LogP contribution is -2.42. The van der Waals surface area contributed by atoms with E-state index in [0.29, 0.717) is 18.1 Å². The van der Waals surface area contributed by atoms with Gasteiger partial charge < -0.3 is 4.90 Å². The molecule has 0 unspecified atom stereocenters. The minimum Gasteiger partial charge on any atom is -0.320 e. The number of carbonyl (C=O) groups is 1. The molecule has 4 nitrogen and oxygen atoms in total. The summed E-state index contributed by atoms with van der Waals surface area (Å²) in [5.74, 6) is 0. The largest absolute Gasteiger partial charge is 0.322 e. The van der Waals surface area contributed by atoms with Crippen molar-refractivity contribution in [2.75, 3.05) is 6.54 Å². The lowest BCUT2D eigenvalue weighted by atomic mass is 10.2. The molecule has 0 saturated heterocycles. The maximum absolute atomic E-state index is 12.4. The fourth-order valence-electron chi connectivity index (χ4n) is 2.07. The average molecular weight is 313 g/mol. The van der Waals surface area contributed by atoms with E-state index in [0.717, 1.165) is 17.5 Å². The summed E-state index contributed by atoms with van der Waals surface area (Å²) in [5, 5.41) is 2.78. The fourth-order valence-corrected chi connectivity index (χ4v) is 2.28. The van der Waals surface area contributed by atoms with Gasteiger partial charge in [0.05, 0.1) is 0 Å². The zero-order chi connectivity index (χ0) is 15.8. The second-order valence-corrected chi connectivity index (χ2v) is 5.32. The Balaban J connectivity index is 2.02. The molecule has 22 heavy (non-hydrogen) atoms. The van der Waals surface area contributed by atoms with Crippen molar-refractivity contribution in [3.63, 3.8) is 0 Å². The summed E-state index contributed by atoms with van der Waals surface area (Å²) in [7, 11) is 0. The number of amides is 2. The summed E-state index contributed by atoms with van der Waals surface area (Å²) in [5.41, 5.74) is 1.83. The van der Waals surface area contributed by atoms with Gasteiger partial charge in [0.15, 0.2) is 0 Å². The third kappa shape index (κ3) is 4.63. The molecule has 5 heteroatoms. The minimum atomic E-state index is -0.181. The van der Waals surface area contributed by atoms with Crippen LogP contribution in [0.15, 0.2) is 54.9 Å². The summed E-state index contributed by atoms with van der Waals surface area (Å²) in [6, 6.07) is 13.4. The first-order chi connectivity index (χ1) is 10.7. The van der Waals surface area contributed by atoms with Crippen molar-refractivity contribution in [1.29, 1.82) is 0 Å². The lowest BCUT2D eigenvalue weighted by Gasteiger charge is -2.23. The first-order valence-corrected chi connectivity index (χ1v) is 7.65. The molecule has 0 aliphatic rings. The highest BCUT2D eigenvalue weighted by atomic mass is 32.1. The summed E-state index contributed by atoms with van der Waals surface area (Å²) in [4.78, 5) is 18.6. The van der Waals surface area contributed by atoms with Gasteiger partial charge in [0.2, 0.25) is 0 Å². The van der Waals surface area contributed by atoms with Gasteiger partial charge in [0.25, 0.3) is 0 Å². The standard InChI is InChI=1S/C17H19N3OS/c1-2-11-20(13-14-7-4-3-5-8-14)17(21)19-16(22)15-9-6-10-18-12-15/h3-10,12H,2,11,13H2,1H3,(H,19,21,22). The molecule has 1 aromatic heterocycles. The smallest absolute Gasteiger partial charge is 0.320 e. The first-order valence-electron chi connectivity index (χ1n) is 7.25. The van der Waals surface area contributed by atoms with Crippen molar-refractivity contribution in [3.8, 4) is 0 Å². The summed E-state index contributed by atoms with van der Waals surface area (Å²) >= 11 is 5.27. The van der Waals surface area contributed by atoms with E-state index in [2.05, 4.69) is 10.3 Å². The predicted octanol–water partition coefficient (Wildman–Crippen LogP) is 3.38. The molecule has 0 bridgehead atoms. The van der Waals surface area contributed by atoms with Crippen molar-refractivity contribution in [1.82, 2.24) is 15.2 Å². The number of pyridine rings is 1. The van der Waals surface area contributed by atoms with Crippen LogP contribution in [0.5, 0.6) is 0 Å². The topological polar surface area (TPSA) is 45.2 Å². The van der Waals surface area contributed by atoms with Gasteiger partial charge >= 0.3 is 6.03 Å². The van der Waals surface area contributed by atoms with Crippen LogP contribution in [0, 0.1) is 0 Å². The number of nitrogens with one attached hydrogen (secondary N) is 1. The Morgan fingerprint density at radius 1 is 1.23 bits per heavy atom. The van der Waals surface area contributed by atoms with E-state index in [1.165, 1.54) is 0 Å². The lowest BCUT2D eigenvalue weighted by molar-refractivity contribution is 0.200. The molecule has 1 heterocycles. The van der Waals surface area contributed by atoms with Gasteiger partial charge in [-0.15, -0.1) is 0 Å². The molecule has 0 radical (unpaired) electrons. The molecule has 0 aliphatic carbocycles. The van der Waals surface area contributed by atoms with E-state index in [1.807, 2.05) is 43.3 Å². The average Bonchev–Trinajstić information content (AvgIpc) is 2.56. The van der Waals surface area contributed by atoms with E-state index in [9.17, 15) is 4.79 Å². The molecule has 114 valence electrons. The Kier molecular flexibility index (Phi) is 6.03. The second kappa shape index (κ2) is 8.24. The molecule has 1 N–H and O–H groups in total. The van der Waals surface area contributed by atoms with Crippen molar-refractivity contribution in [2.24, 2.45) is 0 Å².